The molecule has 2 atom stereocenters. The first kappa shape index (κ1) is 16.4. The van der Waals surface area contributed by atoms with Crippen molar-refractivity contribution in [3.63, 3.8) is 0 Å². The van der Waals surface area contributed by atoms with Crippen molar-refractivity contribution in [1.29, 1.82) is 0 Å². The highest BCUT2D eigenvalue weighted by atomic mass is 16.6. The quantitative estimate of drug-likeness (QED) is 0.632. The monoisotopic (exact) mass is 310 g/mol. The van der Waals surface area contributed by atoms with E-state index < -0.39 is 16.9 Å². The molecule has 1 saturated heterocycles. The SMILES string of the molecule is CCCc1[nH]nc(C(=O)N2CCCC(C(C)O)C2)c1[N+](=O)[O-]. The molecule has 0 saturated carbocycles. The van der Waals surface area contributed by atoms with Gasteiger partial charge in [-0.15, -0.1) is 0 Å². The highest BCUT2D eigenvalue weighted by Gasteiger charge is 2.34. The summed E-state index contributed by atoms with van der Waals surface area (Å²) in [6, 6.07) is 0. The van der Waals surface area contributed by atoms with E-state index >= 15 is 0 Å². The van der Waals surface area contributed by atoms with Crippen LogP contribution in [0.15, 0.2) is 0 Å². The van der Waals surface area contributed by atoms with Crippen molar-refractivity contribution < 1.29 is 14.8 Å². The molecule has 2 N–H and O–H groups in total. The lowest BCUT2D eigenvalue weighted by Crippen LogP contribution is -2.43. The number of H-pyrrole nitrogens is 1. The predicted molar refractivity (Wildman–Crippen MR) is 79.5 cm³/mol. The van der Waals surface area contributed by atoms with Crippen molar-refractivity contribution in [2.75, 3.05) is 13.1 Å². The molecule has 1 fully saturated rings. The smallest absolute Gasteiger partial charge is 0.322 e. The second-order valence-corrected chi connectivity index (χ2v) is 5.80. The Balaban J connectivity index is 2.24. The number of aryl methyl sites for hydroxylation is 1. The number of nitro groups is 1. The summed E-state index contributed by atoms with van der Waals surface area (Å²) in [5, 5.41) is 27.5. The number of hydrogen-bond acceptors (Lipinski definition) is 5. The van der Waals surface area contributed by atoms with Crippen molar-refractivity contribution in [2.45, 2.75) is 45.6 Å². The number of hydrogen-bond donors (Lipinski definition) is 2. The number of carbonyl (C=O) groups excluding carboxylic acids is 1. The molecule has 0 aromatic carbocycles. The van der Waals surface area contributed by atoms with Gasteiger partial charge in [-0.2, -0.15) is 5.10 Å². The summed E-state index contributed by atoms with van der Waals surface area (Å²) in [6.07, 6.45) is 2.34. The fraction of sp³-hybridized carbons (Fsp3) is 0.714. The lowest BCUT2D eigenvalue weighted by Gasteiger charge is -2.33. The number of aliphatic hydroxyl groups is 1. The molecule has 0 radical (unpaired) electrons. The van der Waals surface area contributed by atoms with Crippen LogP contribution in [0.2, 0.25) is 0 Å². The number of amides is 1. The van der Waals surface area contributed by atoms with Gasteiger partial charge in [0, 0.05) is 19.0 Å². The van der Waals surface area contributed by atoms with Gasteiger partial charge in [0.05, 0.1) is 11.0 Å². The molecule has 8 heteroatoms. The van der Waals surface area contributed by atoms with Gasteiger partial charge in [0.15, 0.2) is 0 Å². The van der Waals surface area contributed by atoms with Crippen molar-refractivity contribution >= 4 is 11.6 Å². The van der Waals surface area contributed by atoms with E-state index in [1.165, 1.54) is 0 Å². The fourth-order valence-electron chi connectivity index (χ4n) is 2.88. The van der Waals surface area contributed by atoms with Gasteiger partial charge in [-0.1, -0.05) is 13.3 Å². The maximum absolute atomic E-state index is 12.6. The normalized spacial score (nSPS) is 20.0. The maximum Gasteiger partial charge on any atom is 0.322 e. The van der Waals surface area contributed by atoms with Crippen LogP contribution in [0.4, 0.5) is 5.69 Å². The Labute approximate surface area is 128 Å². The molecule has 1 aliphatic rings. The first-order valence-corrected chi connectivity index (χ1v) is 7.64. The molecular weight excluding hydrogens is 288 g/mol. The molecule has 2 unspecified atom stereocenters. The number of rotatable bonds is 5. The number of likely N-dealkylation sites (tertiary alicyclic amines) is 1. The van der Waals surface area contributed by atoms with E-state index in [-0.39, 0.29) is 17.3 Å². The summed E-state index contributed by atoms with van der Waals surface area (Å²) in [5.74, 6) is -0.429. The summed E-state index contributed by atoms with van der Waals surface area (Å²) in [6.45, 7) is 4.55. The van der Waals surface area contributed by atoms with Crippen LogP contribution in [0.3, 0.4) is 0 Å². The highest BCUT2D eigenvalue weighted by Crippen LogP contribution is 2.26. The van der Waals surface area contributed by atoms with E-state index in [0.717, 1.165) is 19.3 Å². The van der Waals surface area contributed by atoms with Gasteiger partial charge in [0.2, 0.25) is 5.69 Å². The van der Waals surface area contributed by atoms with Crippen LogP contribution in [-0.4, -0.2) is 50.2 Å². The van der Waals surface area contributed by atoms with Gasteiger partial charge >= 0.3 is 5.69 Å². The lowest BCUT2D eigenvalue weighted by atomic mass is 9.93. The van der Waals surface area contributed by atoms with Gasteiger partial charge in [-0.25, -0.2) is 0 Å². The Hall–Kier alpha value is -1.96. The molecule has 1 aromatic heterocycles. The van der Waals surface area contributed by atoms with E-state index in [9.17, 15) is 20.0 Å². The van der Waals surface area contributed by atoms with Crippen LogP contribution < -0.4 is 0 Å². The molecule has 0 spiro atoms. The average molecular weight is 310 g/mol. The molecule has 2 heterocycles. The second kappa shape index (κ2) is 6.87. The highest BCUT2D eigenvalue weighted by molar-refractivity contribution is 5.96. The molecule has 1 amide bonds. The van der Waals surface area contributed by atoms with Crippen molar-refractivity contribution in [2.24, 2.45) is 5.92 Å². The summed E-state index contributed by atoms with van der Waals surface area (Å²) in [7, 11) is 0. The van der Waals surface area contributed by atoms with Crippen molar-refractivity contribution in [3.8, 4) is 0 Å². The number of nitrogens with zero attached hydrogens (tertiary/aromatic N) is 3. The van der Waals surface area contributed by atoms with E-state index in [0.29, 0.717) is 25.2 Å². The first-order valence-electron chi connectivity index (χ1n) is 7.64. The van der Waals surface area contributed by atoms with Gasteiger partial charge in [-0.3, -0.25) is 20.0 Å². The molecule has 0 bridgehead atoms. The zero-order valence-electron chi connectivity index (χ0n) is 12.9. The minimum Gasteiger partial charge on any atom is -0.393 e. The maximum atomic E-state index is 12.6. The summed E-state index contributed by atoms with van der Waals surface area (Å²) < 4.78 is 0. The molecule has 0 aliphatic carbocycles. The average Bonchev–Trinajstić information content (AvgIpc) is 2.91. The number of nitrogens with one attached hydrogen (secondary N) is 1. The van der Waals surface area contributed by atoms with E-state index in [1.54, 1.807) is 11.8 Å². The topological polar surface area (TPSA) is 112 Å². The number of aromatic nitrogens is 2. The van der Waals surface area contributed by atoms with Crippen LogP contribution >= 0.6 is 0 Å². The third-order valence-electron chi connectivity index (χ3n) is 4.13. The molecular formula is C14H22N4O4. The molecule has 2 rings (SSSR count). The molecule has 1 aromatic rings. The Morgan fingerprint density at radius 2 is 2.36 bits per heavy atom. The van der Waals surface area contributed by atoms with Gasteiger partial charge < -0.3 is 10.0 Å². The number of aliphatic hydroxyl groups excluding tert-OH is 1. The second-order valence-electron chi connectivity index (χ2n) is 5.80. The Morgan fingerprint density at radius 1 is 1.64 bits per heavy atom. The van der Waals surface area contributed by atoms with Gasteiger partial charge in [-0.05, 0) is 26.2 Å². The molecule has 8 nitrogen and oxygen atoms in total. The summed E-state index contributed by atoms with van der Waals surface area (Å²) >= 11 is 0. The molecule has 122 valence electrons. The van der Waals surface area contributed by atoms with E-state index in [1.807, 2.05) is 6.92 Å². The number of carbonyl (C=O) groups is 1. The fourth-order valence-corrected chi connectivity index (χ4v) is 2.88. The van der Waals surface area contributed by atoms with Crippen molar-refractivity contribution in [3.05, 3.63) is 21.5 Å². The van der Waals surface area contributed by atoms with Crippen LogP contribution in [0.5, 0.6) is 0 Å². The number of aromatic amines is 1. The third-order valence-corrected chi connectivity index (χ3v) is 4.13. The van der Waals surface area contributed by atoms with Crippen LogP contribution in [0.1, 0.15) is 49.3 Å². The summed E-state index contributed by atoms with van der Waals surface area (Å²) in [4.78, 5) is 24.9. The Kier molecular flexibility index (Phi) is 5.12. The minimum atomic E-state index is -0.544. The van der Waals surface area contributed by atoms with Crippen LogP contribution in [0, 0.1) is 16.0 Å². The van der Waals surface area contributed by atoms with Crippen LogP contribution in [0.25, 0.3) is 0 Å². The van der Waals surface area contributed by atoms with Crippen LogP contribution in [-0.2, 0) is 6.42 Å². The van der Waals surface area contributed by atoms with E-state index in [2.05, 4.69) is 10.2 Å². The lowest BCUT2D eigenvalue weighted by molar-refractivity contribution is -0.385. The van der Waals surface area contributed by atoms with E-state index in [4.69, 9.17) is 0 Å². The zero-order chi connectivity index (χ0) is 16.3. The Morgan fingerprint density at radius 3 is 2.95 bits per heavy atom. The Bertz CT molecular complexity index is 555. The van der Waals surface area contributed by atoms with Crippen molar-refractivity contribution in [1.82, 2.24) is 15.1 Å². The third kappa shape index (κ3) is 3.27. The number of piperidine rings is 1. The molecule has 22 heavy (non-hydrogen) atoms. The summed E-state index contributed by atoms with van der Waals surface area (Å²) in [5.41, 5.74) is 0.0469. The van der Waals surface area contributed by atoms with Gasteiger partial charge in [0.25, 0.3) is 5.91 Å². The zero-order valence-corrected chi connectivity index (χ0v) is 12.9. The largest absolute Gasteiger partial charge is 0.393 e. The first-order chi connectivity index (χ1) is 10.5. The standard InChI is InChI=1S/C14H22N4O4/c1-3-5-11-13(18(21)22)12(16-15-11)14(20)17-7-4-6-10(8-17)9(2)19/h9-10,19H,3-8H2,1-2H3,(H,15,16). The van der Waals surface area contributed by atoms with Gasteiger partial charge in [0.1, 0.15) is 5.69 Å². The predicted octanol–water partition coefficient (Wildman–Crippen LogP) is 1.50. The minimum absolute atomic E-state index is 0.00538. The molecule has 1 aliphatic heterocycles.